The number of rotatable bonds is 10. The van der Waals surface area contributed by atoms with Crippen molar-refractivity contribution in [1.82, 2.24) is 15.5 Å². The molecule has 2 aliphatic rings. The summed E-state index contributed by atoms with van der Waals surface area (Å²) in [5.74, 6) is 0.705. The molecule has 0 amide bonds. The van der Waals surface area contributed by atoms with Crippen LogP contribution in [0.15, 0.2) is 29.3 Å². The van der Waals surface area contributed by atoms with Crippen LogP contribution in [-0.4, -0.2) is 89.6 Å². The second-order valence-corrected chi connectivity index (χ2v) is 7.77. The van der Waals surface area contributed by atoms with Crippen molar-refractivity contribution >= 4 is 35.6 Å². The van der Waals surface area contributed by atoms with E-state index in [1.165, 1.54) is 6.07 Å². The van der Waals surface area contributed by atoms with Crippen LogP contribution in [0.4, 0.5) is 10.1 Å². The molecular formula is C22H37FIN5O2. The Labute approximate surface area is 202 Å². The molecule has 2 saturated heterocycles. The van der Waals surface area contributed by atoms with Gasteiger partial charge in [0.2, 0.25) is 0 Å². The Kier molecular flexibility index (Phi) is 12.5. The van der Waals surface area contributed by atoms with Gasteiger partial charge in [-0.05, 0) is 37.9 Å². The number of ether oxygens (including phenoxy) is 2. The lowest BCUT2D eigenvalue weighted by molar-refractivity contribution is 0.0420. The van der Waals surface area contributed by atoms with Crippen molar-refractivity contribution in [1.29, 1.82) is 0 Å². The third kappa shape index (κ3) is 9.07. The van der Waals surface area contributed by atoms with Crippen molar-refractivity contribution in [2.24, 2.45) is 4.99 Å². The van der Waals surface area contributed by atoms with E-state index in [1.54, 1.807) is 13.1 Å². The second-order valence-electron chi connectivity index (χ2n) is 7.77. The highest BCUT2D eigenvalue weighted by Crippen LogP contribution is 2.20. The fourth-order valence-electron chi connectivity index (χ4n) is 3.82. The summed E-state index contributed by atoms with van der Waals surface area (Å²) in [5.41, 5.74) is 0.718. The van der Waals surface area contributed by atoms with Gasteiger partial charge < -0.3 is 25.0 Å². The summed E-state index contributed by atoms with van der Waals surface area (Å²) in [6.45, 7) is 8.72. The molecule has 2 aliphatic heterocycles. The molecule has 1 unspecified atom stereocenters. The molecule has 0 spiro atoms. The largest absolute Gasteiger partial charge is 0.379 e. The molecule has 7 nitrogen and oxygen atoms in total. The highest BCUT2D eigenvalue weighted by molar-refractivity contribution is 14.0. The summed E-state index contributed by atoms with van der Waals surface area (Å²) in [4.78, 5) is 8.86. The smallest absolute Gasteiger partial charge is 0.190 e. The average Bonchev–Trinajstić information content (AvgIpc) is 3.29. The summed E-state index contributed by atoms with van der Waals surface area (Å²) in [7, 11) is 1.80. The molecule has 2 N–H and O–H groups in total. The summed E-state index contributed by atoms with van der Waals surface area (Å²) in [6.07, 6.45) is 3.28. The van der Waals surface area contributed by atoms with Crippen molar-refractivity contribution in [3.63, 3.8) is 0 Å². The van der Waals surface area contributed by atoms with Crippen molar-refractivity contribution in [3.05, 3.63) is 30.1 Å². The SMILES string of the molecule is CN=C(NCCCOC1CCOC1)NCCCN1CCN(c2ccccc2F)CC1.I. The number of piperazine rings is 1. The minimum absolute atomic E-state index is 0. The van der Waals surface area contributed by atoms with Crippen LogP contribution in [0.2, 0.25) is 0 Å². The Balaban J connectivity index is 0.00000341. The molecule has 176 valence electrons. The van der Waals surface area contributed by atoms with Crippen LogP contribution < -0.4 is 15.5 Å². The average molecular weight is 549 g/mol. The van der Waals surface area contributed by atoms with Crippen LogP contribution in [0.3, 0.4) is 0 Å². The molecule has 2 fully saturated rings. The standard InChI is InChI=1S/C22H36FN5O2.HI/c1-24-22(26-10-5-16-30-19-8-17-29-18-19)25-9-4-11-27-12-14-28(15-13-27)21-7-3-2-6-20(21)23;/h2-3,6-7,19H,4-5,8-18H2,1H3,(H2,24,25,26);1H. The van der Waals surface area contributed by atoms with Crippen LogP contribution >= 0.6 is 24.0 Å². The quantitative estimate of drug-likeness (QED) is 0.202. The maximum atomic E-state index is 13.9. The fraction of sp³-hybridized carbons (Fsp3) is 0.682. The highest BCUT2D eigenvalue weighted by atomic mass is 127. The first-order valence-corrected chi connectivity index (χ1v) is 11.1. The molecule has 1 aromatic rings. The number of hydrogen-bond donors (Lipinski definition) is 2. The summed E-state index contributed by atoms with van der Waals surface area (Å²) >= 11 is 0. The molecule has 1 atom stereocenters. The first-order valence-electron chi connectivity index (χ1n) is 11.1. The molecule has 0 bridgehead atoms. The first kappa shape index (κ1) is 26.1. The molecule has 9 heteroatoms. The van der Waals surface area contributed by atoms with Crippen molar-refractivity contribution in [2.45, 2.75) is 25.4 Å². The Bertz CT molecular complexity index is 653. The van der Waals surface area contributed by atoms with Gasteiger partial charge in [-0.25, -0.2) is 4.39 Å². The maximum Gasteiger partial charge on any atom is 0.190 e. The van der Waals surface area contributed by atoms with E-state index in [2.05, 4.69) is 25.4 Å². The molecule has 1 aromatic carbocycles. The molecule has 2 heterocycles. The minimum atomic E-state index is -0.131. The molecule has 3 rings (SSSR count). The van der Waals surface area contributed by atoms with Crippen molar-refractivity contribution < 1.29 is 13.9 Å². The number of para-hydroxylation sites is 1. The number of guanidine groups is 1. The van der Waals surface area contributed by atoms with E-state index >= 15 is 0 Å². The maximum absolute atomic E-state index is 13.9. The van der Waals surface area contributed by atoms with E-state index < -0.39 is 0 Å². The first-order chi connectivity index (χ1) is 14.8. The predicted octanol–water partition coefficient (Wildman–Crippen LogP) is 2.32. The topological polar surface area (TPSA) is 61.4 Å². The lowest BCUT2D eigenvalue weighted by atomic mass is 10.2. The Morgan fingerprint density at radius 2 is 1.90 bits per heavy atom. The lowest BCUT2D eigenvalue weighted by Gasteiger charge is -2.36. The van der Waals surface area contributed by atoms with Crippen LogP contribution in [-0.2, 0) is 9.47 Å². The number of halogens is 2. The Morgan fingerprint density at radius 1 is 1.16 bits per heavy atom. The molecular weight excluding hydrogens is 512 g/mol. The molecule has 0 radical (unpaired) electrons. The summed E-state index contributed by atoms with van der Waals surface area (Å²) in [6, 6.07) is 7.04. The van der Waals surface area contributed by atoms with Crippen LogP contribution in [0.1, 0.15) is 19.3 Å². The zero-order valence-electron chi connectivity index (χ0n) is 18.5. The Morgan fingerprint density at radius 3 is 2.58 bits per heavy atom. The van der Waals surface area contributed by atoms with E-state index in [-0.39, 0.29) is 35.9 Å². The van der Waals surface area contributed by atoms with Gasteiger partial charge in [-0.2, -0.15) is 0 Å². The monoisotopic (exact) mass is 549 g/mol. The zero-order valence-corrected chi connectivity index (χ0v) is 20.9. The van der Waals surface area contributed by atoms with E-state index in [9.17, 15) is 4.39 Å². The van der Waals surface area contributed by atoms with Gasteiger partial charge in [-0.3, -0.25) is 9.89 Å². The van der Waals surface area contributed by atoms with Gasteiger partial charge in [0.25, 0.3) is 0 Å². The van der Waals surface area contributed by atoms with Crippen LogP contribution in [0.25, 0.3) is 0 Å². The van der Waals surface area contributed by atoms with Crippen molar-refractivity contribution in [2.75, 3.05) is 77.6 Å². The molecule has 0 saturated carbocycles. The second kappa shape index (κ2) is 14.8. The van der Waals surface area contributed by atoms with Gasteiger partial charge in [0.05, 0.1) is 18.4 Å². The fourth-order valence-corrected chi connectivity index (χ4v) is 3.82. The zero-order chi connectivity index (χ0) is 21.0. The van der Waals surface area contributed by atoms with Gasteiger partial charge in [0.1, 0.15) is 5.82 Å². The third-order valence-electron chi connectivity index (χ3n) is 5.59. The number of anilines is 1. The van der Waals surface area contributed by atoms with Crippen molar-refractivity contribution in [3.8, 4) is 0 Å². The predicted molar refractivity (Wildman–Crippen MR) is 134 cm³/mol. The highest BCUT2D eigenvalue weighted by Gasteiger charge is 2.19. The number of nitrogens with zero attached hydrogens (tertiary/aromatic N) is 3. The van der Waals surface area contributed by atoms with Gasteiger partial charge in [0.15, 0.2) is 5.96 Å². The molecule has 0 aromatic heterocycles. The van der Waals surface area contributed by atoms with Gasteiger partial charge >= 0.3 is 0 Å². The van der Waals surface area contributed by atoms with E-state index in [0.717, 1.165) is 96.5 Å². The number of nitrogens with one attached hydrogen (secondary N) is 2. The summed E-state index contributed by atoms with van der Waals surface area (Å²) in [5, 5.41) is 6.71. The normalized spacial score (nSPS) is 19.9. The molecule has 31 heavy (non-hydrogen) atoms. The van der Waals surface area contributed by atoms with Gasteiger partial charge in [0, 0.05) is 59.5 Å². The van der Waals surface area contributed by atoms with Gasteiger partial charge in [-0.1, -0.05) is 12.1 Å². The third-order valence-corrected chi connectivity index (χ3v) is 5.59. The van der Waals surface area contributed by atoms with E-state index in [4.69, 9.17) is 9.47 Å². The van der Waals surface area contributed by atoms with E-state index in [1.807, 2.05) is 12.1 Å². The van der Waals surface area contributed by atoms with E-state index in [0.29, 0.717) is 0 Å². The number of benzene rings is 1. The minimum Gasteiger partial charge on any atom is -0.379 e. The van der Waals surface area contributed by atoms with Crippen LogP contribution in [0.5, 0.6) is 0 Å². The number of aliphatic imine (C=N–C) groups is 1. The van der Waals surface area contributed by atoms with Crippen LogP contribution in [0, 0.1) is 5.82 Å². The lowest BCUT2D eigenvalue weighted by Crippen LogP contribution is -2.47. The molecule has 0 aliphatic carbocycles. The Hall–Kier alpha value is -1.17. The number of hydrogen-bond acceptors (Lipinski definition) is 5. The summed E-state index contributed by atoms with van der Waals surface area (Å²) < 4.78 is 25.0. The van der Waals surface area contributed by atoms with Gasteiger partial charge in [-0.15, -0.1) is 24.0 Å².